The predicted octanol–water partition coefficient (Wildman–Crippen LogP) is 1.03. The maximum atomic E-state index is 9.69. The third-order valence-electron chi connectivity index (χ3n) is 1.66. The first-order valence-electron chi connectivity index (χ1n) is 3.99. The molecule has 0 aliphatic heterocycles. The predicted molar refractivity (Wildman–Crippen MR) is 45.2 cm³/mol. The van der Waals surface area contributed by atoms with E-state index in [-0.39, 0.29) is 0 Å². The van der Waals surface area contributed by atoms with Gasteiger partial charge in [0.1, 0.15) is 0 Å². The van der Waals surface area contributed by atoms with Crippen LogP contribution in [-0.2, 0) is 4.84 Å². The Bertz CT molecular complexity index is 104. The molecule has 0 heterocycles. The Balaban J connectivity index is 3.70. The van der Waals surface area contributed by atoms with Gasteiger partial charge in [-0.25, -0.2) is 0 Å². The molecule has 0 aromatic rings. The summed E-state index contributed by atoms with van der Waals surface area (Å²) in [5.74, 6) is 0. The van der Waals surface area contributed by atoms with E-state index < -0.39 is 5.60 Å². The lowest BCUT2D eigenvalue weighted by Gasteiger charge is -2.27. The quantitative estimate of drug-likeness (QED) is 0.611. The van der Waals surface area contributed by atoms with E-state index in [2.05, 4.69) is 6.92 Å². The smallest absolute Gasteiger partial charge is 0.0769 e. The molecular formula is C8H19NO2. The fraction of sp³-hybridized carbons (Fsp3) is 1.00. The molecule has 68 valence electrons. The maximum absolute atomic E-state index is 9.69. The van der Waals surface area contributed by atoms with Crippen LogP contribution >= 0.6 is 0 Å². The van der Waals surface area contributed by atoms with Gasteiger partial charge in [0, 0.05) is 7.05 Å². The molecule has 1 unspecified atom stereocenters. The summed E-state index contributed by atoms with van der Waals surface area (Å²) in [7, 11) is 3.41. The summed E-state index contributed by atoms with van der Waals surface area (Å²) in [5.41, 5.74) is -0.625. The van der Waals surface area contributed by atoms with Gasteiger partial charge < -0.3 is 9.94 Å². The van der Waals surface area contributed by atoms with Crippen molar-refractivity contribution < 1.29 is 9.94 Å². The van der Waals surface area contributed by atoms with Crippen molar-refractivity contribution in [3.8, 4) is 0 Å². The highest BCUT2D eigenvalue weighted by Gasteiger charge is 2.20. The third kappa shape index (κ3) is 5.18. The molecule has 3 nitrogen and oxygen atoms in total. The monoisotopic (exact) mass is 161 g/mol. The van der Waals surface area contributed by atoms with Crippen molar-refractivity contribution in [3.05, 3.63) is 0 Å². The molecule has 0 amide bonds. The topological polar surface area (TPSA) is 32.7 Å². The second-order valence-corrected chi connectivity index (χ2v) is 3.22. The minimum atomic E-state index is -0.625. The Morgan fingerprint density at radius 2 is 2.09 bits per heavy atom. The Kier molecular flexibility index (Phi) is 4.65. The molecule has 0 aliphatic rings. The van der Waals surface area contributed by atoms with E-state index in [0.29, 0.717) is 6.54 Å². The summed E-state index contributed by atoms with van der Waals surface area (Å²) in [4.78, 5) is 4.91. The molecule has 0 fully saturated rings. The molecule has 0 bridgehead atoms. The van der Waals surface area contributed by atoms with Gasteiger partial charge in [0.05, 0.1) is 19.3 Å². The number of likely N-dealkylation sites (N-methyl/N-ethyl adjacent to an activating group) is 1. The van der Waals surface area contributed by atoms with Crippen LogP contribution in [0.2, 0.25) is 0 Å². The number of hydrogen-bond acceptors (Lipinski definition) is 3. The normalized spacial score (nSPS) is 16.9. The fourth-order valence-electron chi connectivity index (χ4n) is 1.16. The number of nitrogens with zero attached hydrogens (tertiary/aromatic N) is 1. The van der Waals surface area contributed by atoms with Gasteiger partial charge in [-0.2, -0.15) is 5.06 Å². The molecule has 0 rings (SSSR count). The first kappa shape index (κ1) is 10.9. The van der Waals surface area contributed by atoms with Crippen molar-refractivity contribution >= 4 is 0 Å². The highest BCUT2D eigenvalue weighted by molar-refractivity contribution is 4.72. The average Bonchev–Trinajstić information content (AvgIpc) is 1.86. The van der Waals surface area contributed by atoms with Crippen molar-refractivity contribution in [2.75, 3.05) is 20.7 Å². The van der Waals surface area contributed by atoms with Gasteiger partial charge in [0.25, 0.3) is 0 Å². The van der Waals surface area contributed by atoms with Gasteiger partial charge >= 0.3 is 0 Å². The van der Waals surface area contributed by atoms with Crippen LogP contribution < -0.4 is 0 Å². The molecule has 0 saturated carbocycles. The lowest BCUT2D eigenvalue weighted by molar-refractivity contribution is -0.148. The first-order valence-corrected chi connectivity index (χ1v) is 3.99. The van der Waals surface area contributed by atoms with Crippen molar-refractivity contribution in [3.63, 3.8) is 0 Å². The Morgan fingerprint density at radius 1 is 1.55 bits per heavy atom. The van der Waals surface area contributed by atoms with Gasteiger partial charge in [0.2, 0.25) is 0 Å². The van der Waals surface area contributed by atoms with E-state index in [4.69, 9.17) is 4.84 Å². The van der Waals surface area contributed by atoms with Crippen molar-refractivity contribution in [2.45, 2.75) is 32.3 Å². The minimum absolute atomic E-state index is 0.553. The van der Waals surface area contributed by atoms with E-state index in [1.165, 1.54) is 0 Å². The third-order valence-corrected chi connectivity index (χ3v) is 1.66. The largest absolute Gasteiger partial charge is 0.389 e. The summed E-state index contributed by atoms with van der Waals surface area (Å²) in [6.07, 6.45) is 1.80. The molecule has 0 spiro atoms. The number of hydrogen-bond donors (Lipinski definition) is 1. The second kappa shape index (κ2) is 4.70. The summed E-state index contributed by atoms with van der Waals surface area (Å²) < 4.78 is 0. The highest BCUT2D eigenvalue weighted by Crippen LogP contribution is 2.12. The van der Waals surface area contributed by atoms with Crippen molar-refractivity contribution in [1.82, 2.24) is 5.06 Å². The van der Waals surface area contributed by atoms with Crippen molar-refractivity contribution in [2.24, 2.45) is 0 Å². The SMILES string of the molecule is CCCC(C)(O)CN(C)OC. The highest BCUT2D eigenvalue weighted by atomic mass is 16.7. The maximum Gasteiger partial charge on any atom is 0.0769 e. The molecular weight excluding hydrogens is 142 g/mol. The summed E-state index contributed by atoms with van der Waals surface area (Å²) >= 11 is 0. The number of rotatable bonds is 5. The molecule has 0 aromatic heterocycles. The zero-order chi connectivity index (χ0) is 8.91. The molecule has 0 saturated heterocycles. The van der Waals surface area contributed by atoms with Crippen LogP contribution in [-0.4, -0.2) is 36.5 Å². The minimum Gasteiger partial charge on any atom is -0.389 e. The molecule has 0 aliphatic carbocycles. The van der Waals surface area contributed by atoms with Crippen LogP contribution in [0.1, 0.15) is 26.7 Å². The van der Waals surface area contributed by atoms with Crippen LogP contribution in [0.3, 0.4) is 0 Å². The van der Waals surface area contributed by atoms with E-state index in [1.807, 2.05) is 14.0 Å². The number of aliphatic hydroxyl groups is 1. The lowest BCUT2D eigenvalue weighted by Crippen LogP contribution is -2.38. The van der Waals surface area contributed by atoms with Crippen LogP contribution in [0.15, 0.2) is 0 Å². The first-order chi connectivity index (χ1) is 5.02. The van der Waals surface area contributed by atoms with Gasteiger partial charge in [-0.3, -0.25) is 0 Å². The van der Waals surface area contributed by atoms with Crippen LogP contribution in [0.4, 0.5) is 0 Å². The summed E-state index contributed by atoms with van der Waals surface area (Å²) in [6.45, 7) is 4.44. The summed E-state index contributed by atoms with van der Waals surface area (Å²) in [5, 5.41) is 11.3. The van der Waals surface area contributed by atoms with E-state index >= 15 is 0 Å². The number of hydroxylamine groups is 2. The molecule has 0 radical (unpaired) electrons. The Hall–Kier alpha value is -0.120. The zero-order valence-electron chi connectivity index (χ0n) is 7.92. The molecule has 1 N–H and O–H groups in total. The van der Waals surface area contributed by atoms with Gasteiger partial charge in [-0.05, 0) is 13.3 Å². The molecule has 3 heteroatoms. The zero-order valence-corrected chi connectivity index (χ0v) is 7.92. The van der Waals surface area contributed by atoms with Crippen molar-refractivity contribution in [1.29, 1.82) is 0 Å². The summed E-state index contributed by atoms with van der Waals surface area (Å²) in [6, 6.07) is 0. The Morgan fingerprint density at radius 3 is 2.45 bits per heavy atom. The molecule has 0 aromatic carbocycles. The molecule has 11 heavy (non-hydrogen) atoms. The van der Waals surface area contributed by atoms with E-state index in [9.17, 15) is 5.11 Å². The standard InChI is InChI=1S/C8H19NO2/c1-5-6-8(2,10)7-9(3)11-4/h10H,5-7H2,1-4H3. The second-order valence-electron chi connectivity index (χ2n) is 3.22. The van der Waals surface area contributed by atoms with E-state index in [0.717, 1.165) is 12.8 Å². The van der Waals surface area contributed by atoms with E-state index in [1.54, 1.807) is 12.2 Å². The van der Waals surface area contributed by atoms with Gasteiger partial charge in [-0.1, -0.05) is 13.3 Å². The fourth-order valence-corrected chi connectivity index (χ4v) is 1.16. The van der Waals surface area contributed by atoms with Crippen LogP contribution in [0.25, 0.3) is 0 Å². The van der Waals surface area contributed by atoms with Crippen LogP contribution in [0.5, 0.6) is 0 Å². The Labute approximate surface area is 68.9 Å². The lowest BCUT2D eigenvalue weighted by atomic mass is 10.0. The van der Waals surface area contributed by atoms with Gasteiger partial charge in [0.15, 0.2) is 0 Å². The van der Waals surface area contributed by atoms with Gasteiger partial charge in [-0.15, -0.1) is 0 Å². The average molecular weight is 161 g/mol. The molecule has 1 atom stereocenters. The van der Waals surface area contributed by atoms with Crippen LogP contribution in [0, 0.1) is 0 Å².